The second-order valence-corrected chi connectivity index (χ2v) is 4.56. The number of nitrogens with zero attached hydrogens (tertiary/aromatic N) is 2. The van der Waals surface area contributed by atoms with Gasteiger partial charge in [-0.25, -0.2) is 4.39 Å². The van der Waals surface area contributed by atoms with E-state index in [-0.39, 0.29) is 23.8 Å². The van der Waals surface area contributed by atoms with E-state index in [1.165, 1.54) is 17.0 Å². The van der Waals surface area contributed by atoms with Crippen LogP contribution in [0.1, 0.15) is 16.8 Å². The van der Waals surface area contributed by atoms with Crippen LogP contribution in [0.2, 0.25) is 0 Å². The van der Waals surface area contributed by atoms with Crippen molar-refractivity contribution < 1.29 is 19.1 Å². The zero-order valence-electron chi connectivity index (χ0n) is 10.6. The van der Waals surface area contributed by atoms with E-state index in [2.05, 4.69) is 0 Å². The van der Waals surface area contributed by atoms with Crippen molar-refractivity contribution in [3.05, 3.63) is 29.6 Å². The van der Waals surface area contributed by atoms with Crippen molar-refractivity contribution in [2.24, 2.45) is 0 Å². The third kappa shape index (κ3) is 2.83. The number of carbonyl (C=O) groups is 2. The van der Waals surface area contributed by atoms with Gasteiger partial charge in [0.15, 0.2) is 0 Å². The summed E-state index contributed by atoms with van der Waals surface area (Å²) in [6.07, 6.45) is 0.660. The smallest absolute Gasteiger partial charge is 0.257 e. The SMILES string of the molecule is CN1CCCN(C(=O)c2ccc(O)cc2F)CC1=O. The van der Waals surface area contributed by atoms with Crippen molar-refractivity contribution in [1.29, 1.82) is 0 Å². The number of phenolic OH excluding ortho intramolecular Hbond substituents is 1. The lowest BCUT2D eigenvalue weighted by molar-refractivity contribution is -0.129. The fraction of sp³-hybridized carbons (Fsp3) is 0.385. The number of halogens is 1. The van der Waals surface area contributed by atoms with Gasteiger partial charge in [-0.15, -0.1) is 0 Å². The summed E-state index contributed by atoms with van der Waals surface area (Å²) in [5.41, 5.74) is -0.129. The molecule has 5 nitrogen and oxygen atoms in total. The maximum atomic E-state index is 13.6. The van der Waals surface area contributed by atoms with Crippen LogP contribution in [-0.4, -0.2) is 53.4 Å². The van der Waals surface area contributed by atoms with Gasteiger partial charge in [0, 0.05) is 26.2 Å². The molecular weight excluding hydrogens is 251 g/mol. The standard InChI is InChI=1S/C13H15FN2O3/c1-15-5-2-6-16(8-12(15)18)13(19)10-4-3-9(17)7-11(10)14/h3-4,7,17H,2,5-6,8H2,1H3. The van der Waals surface area contributed by atoms with E-state index in [9.17, 15) is 14.0 Å². The average Bonchev–Trinajstić information content (AvgIpc) is 2.51. The topological polar surface area (TPSA) is 60.9 Å². The predicted octanol–water partition coefficient (Wildman–Crippen LogP) is 0.836. The lowest BCUT2D eigenvalue weighted by Gasteiger charge is -2.20. The normalized spacial score (nSPS) is 16.4. The van der Waals surface area contributed by atoms with Gasteiger partial charge in [-0.2, -0.15) is 0 Å². The van der Waals surface area contributed by atoms with Crippen LogP contribution < -0.4 is 0 Å². The molecule has 1 aliphatic heterocycles. The molecule has 102 valence electrons. The van der Waals surface area contributed by atoms with Crippen molar-refractivity contribution in [3.63, 3.8) is 0 Å². The zero-order valence-corrected chi connectivity index (χ0v) is 10.6. The Labute approximate surface area is 110 Å². The van der Waals surface area contributed by atoms with Gasteiger partial charge in [0.25, 0.3) is 5.91 Å². The number of aromatic hydroxyl groups is 1. The van der Waals surface area contributed by atoms with Crippen LogP contribution in [0, 0.1) is 5.82 Å². The molecule has 1 saturated heterocycles. The largest absolute Gasteiger partial charge is 0.508 e. The van der Waals surface area contributed by atoms with Crippen LogP contribution in [-0.2, 0) is 4.79 Å². The zero-order chi connectivity index (χ0) is 14.0. The van der Waals surface area contributed by atoms with Crippen molar-refractivity contribution in [2.45, 2.75) is 6.42 Å². The highest BCUT2D eigenvalue weighted by Crippen LogP contribution is 2.17. The summed E-state index contributed by atoms with van der Waals surface area (Å²) in [5.74, 6) is -1.71. The number of phenols is 1. The number of amides is 2. The average molecular weight is 266 g/mol. The number of benzene rings is 1. The minimum atomic E-state index is -0.782. The Hall–Kier alpha value is -2.11. The molecule has 1 fully saturated rings. The van der Waals surface area contributed by atoms with Crippen molar-refractivity contribution in [2.75, 3.05) is 26.7 Å². The molecule has 0 saturated carbocycles. The fourth-order valence-corrected chi connectivity index (χ4v) is 2.01. The summed E-state index contributed by atoms with van der Waals surface area (Å²) >= 11 is 0. The first-order valence-corrected chi connectivity index (χ1v) is 6.01. The minimum Gasteiger partial charge on any atom is -0.508 e. The van der Waals surface area contributed by atoms with Crippen LogP contribution in [0.15, 0.2) is 18.2 Å². The van der Waals surface area contributed by atoms with Gasteiger partial charge in [-0.1, -0.05) is 0 Å². The molecule has 0 radical (unpaired) electrons. The molecule has 0 aromatic heterocycles. The van der Waals surface area contributed by atoms with Gasteiger partial charge >= 0.3 is 0 Å². The van der Waals surface area contributed by atoms with Gasteiger partial charge in [0.05, 0.1) is 5.56 Å². The Morgan fingerprint density at radius 3 is 2.79 bits per heavy atom. The van der Waals surface area contributed by atoms with Crippen LogP contribution in [0.4, 0.5) is 4.39 Å². The Kier molecular flexibility index (Phi) is 3.69. The molecule has 1 N–H and O–H groups in total. The van der Waals surface area contributed by atoms with E-state index in [0.717, 1.165) is 6.07 Å². The van der Waals surface area contributed by atoms with Gasteiger partial charge in [0.2, 0.25) is 5.91 Å². The molecular formula is C13H15FN2O3. The molecule has 6 heteroatoms. The fourth-order valence-electron chi connectivity index (χ4n) is 2.01. The van der Waals surface area contributed by atoms with Gasteiger partial charge in [-0.3, -0.25) is 9.59 Å². The van der Waals surface area contributed by atoms with Gasteiger partial charge in [0.1, 0.15) is 18.1 Å². The van der Waals surface area contributed by atoms with Crippen molar-refractivity contribution >= 4 is 11.8 Å². The lowest BCUT2D eigenvalue weighted by Crippen LogP contribution is -2.38. The molecule has 1 aromatic carbocycles. The maximum absolute atomic E-state index is 13.6. The van der Waals surface area contributed by atoms with E-state index in [1.807, 2.05) is 0 Å². The Morgan fingerprint density at radius 1 is 1.37 bits per heavy atom. The molecule has 1 aliphatic rings. The van der Waals surface area contributed by atoms with E-state index >= 15 is 0 Å². The molecule has 0 bridgehead atoms. The second-order valence-electron chi connectivity index (χ2n) is 4.56. The van der Waals surface area contributed by atoms with E-state index in [1.54, 1.807) is 11.9 Å². The number of likely N-dealkylation sites (N-methyl/N-ethyl adjacent to an activating group) is 1. The number of hydrogen-bond donors (Lipinski definition) is 1. The summed E-state index contributed by atoms with van der Waals surface area (Å²) in [6, 6.07) is 3.37. The van der Waals surface area contributed by atoms with Crippen molar-refractivity contribution in [1.82, 2.24) is 9.80 Å². The van der Waals surface area contributed by atoms with Gasteiger partial charge in [-0.05, 0) is 18.6 Å². The third-order valence-electron chi connectivity index (χ3n) is 3.14. The molecule has 2 rings (SSSR count). The minimum absolute atomic E-state index is 0.0460. The van der Waals surface area contributed by atoms with E-state index in [0.29, 0.717) is 19.5 Å². The van der Waals surface area contributed by atoms with Crippen LogP contribution in [0.25, 0.3) is 0 Å². The van der Waals surface area contributed by atoms with Gasteiger partial charge < -0.3 is 14.9 Å². The van der Waals surface area contributed by atoms with Crippen LogP contribution in [0.5, 0.6) is 5.75 Å². The summed E-state index contributed by atoms with van der Waals surface area (Å²) < 4.78 is 13.6. The molecule has 0 spiro atoms. The Bertz CT molecular complexity index is 519. The molecule has 0 aliphatic carbocycles. The van der Waals surface area contributed by atoms with E-state index < -0.39 is 11.7 Å². The van der Waals surface area contributed by atoms with E-state index in [4.69, 9.17) is 5.11 Å². The molecule has 2 amide bonds. The highest BCUT2D eigenvalue weighted by atomic mass is 19.1. The quantitative estimate of drug-likeness (QED) is 0.819. The molecule has 0 unspecified atom stereocenters. The third-order valence-corrected chi connectivity index (χ3v) is 3.14. The number of carbonyl (C=O) groups excluding carboxylic acids is 2. The van der Waals surface area contributed by atoms with Crippen LogP contribution >= 0.6 is 0 Å². The summed E-state index contributed by atoms with van der Waals surface area (Å²) in [6.45, 7) is 0.950. The second kappa shape index (κ2) is 5.26. The first kappa shape index (κ1) is 13.3. The molecule has 1 aromatic rings. The van der Waals surface area contributed by atoms with Crippen molar-refractivity contribution in [3.8, 4) is 5.75 Å². The monoisotopic (exact) mass is 266 g/mol. The predicted molar refractivity (Wildman–Crippen MR) is 66.2 cm³/mol. The summed E-state index contributed by atoms with van der Waals surface area (Å²) in [4.78, 5) is 26.8. The van der Waals surface area contributed by atoms with Crippen LogP contribution in [0.3, 0.4) is 0 Å². The highest BCUT2D eigenvalue weighted by molar-refractivity contribution is 5.97. The number of hydrogen-bond acceptors (Lipinski definition) is 3. The molecule has 19 heavy (non-hydrogen) atoms. The summed E-state index contributed by atoms with van der Waals surface area (Å²) in [5, 5.41) is 9.13. The first-order valence-electron chi connectivity index (χ1n) is 6.01. The maximum Gasteiger partial charge on any atom is 0.257 e. The Morgan fingerprint density at radius 2 is 2.11 bits per heavy atom. The highest BCUT2D eigenvalue weighted by Gasteiger charge is 2.25. The number of rotatable bonds is 1. The lowest BCUT2D eigenvalue weighted by atomic mass is 10.1. The first-order chi connectivity index (χ1) is 8.99. The molecule has 0 atom stereocenters. The molecule has 1 heterocycles. The summed E-state index contributed by atoms with van der Waals surface area (Å²) in [7, 11) is 1.68. The Balaban J connectivity index is 2.21.